The second kappa shape index (κ2) is 6.81. The molecule has 128 valence electrons. The lowest BCUT2D eigenvalue weighted by Gasteiger charge is -2.36. The minimum Gasteiger partial charge on any atom is -0.543 e. The highest BCUT2D eigenvalue weighted by Gasteiger charge is 2.39. The molecule has 0 saturated carbocycles. The summed E-state index contributed by atoms with van der Waals surface area (Å²) in [6.07, 6.45) is 0.342. The van der Waals surface area contributed by atoms with Crippen LogP contribution in [0, 0.1) is 0 Å². The van der Waals surface area contributed by atoms with E-state index in [1.165, 1.54) is 0 Å². The molecular formula is C20H27NO2Si. The first kappa shape index (κ1) is 18.3. The van der Waals surface area contributed by atoms with E-state index in [1.807, 2.05) is 36.4 Å². The van der Waals surface area contributed by atoms with Crippen molar-refractivity contribution < 1.29 is 9.22 Å². The quantitative estimate of drug-likeness (QED) is 0.469. The number of anilines is 1. The molecule has 2 aromatic rings. The first-order valence-electron chi connectivity index (χ1n) is 8.26. The minimum absolute atomic E-state index is 0.0133. The van der Waals surface area contributed by atoms with Gasteiger partial charge in [0, 0.05) is 17.7 Å². The molecule has 4 heteroatoms. The van der Waals surface area contributed by atoms with Crippen molar-refractivity contribution in [3.63, 3.8) is 0 Å². The van der Waals surface area contributed by atoms with Gasteiger partial charge in [-0.1, -0.05) is 51.1 Å². The normalized spacial score (nSPS) is 12.0. The molecule has 0 aliphatic rings. The molecule has 0 atom stereocenters. The summed E-state index contributed by atoms with van der Waals surface area (Å²) in [5.74, 6) is 0.742. The molecule has 2 aromatic carbocycles. The Kier molecular flexibility index (Phi) is 5.18. The summed E-state index contributed by atoms with van der Waals surface area (Å²) >= 11 is 0. The van der Waals surface area contributed by atoms with E-state index in [4.69, 9.17) is 10.2 Å². The lowest BCUT2D eigenvalue weighted by Crippen LogP contribution is -2.43. The van der Waals surface area contributed by atoms with E-state index < -0.39 is 8.32 Å². The third-order valence-corrected chi connectivity index (χ3v) is 9.07. The number of hydrogen-bond acceptors (Lipinski definition) is 3. The van der Waals surface area contributed by atoms with Crippen LogP contribution in [0.15, 0.2) is 48.5 Å². The fraction of sp³-hybridized carbons (Fsp3) is 0.350. The second-order valence-electron chi connectivity index (χ2n) is 7.70. The Morgan fingerprint density at radius 3 is 2.29 bits per heavy atom. The van der Waals surface area contributed by atoms with Gasteiger partial charge in [-0.3, -0.25) is 4.79 Å². The van der Waals surface area contributed by atoms with Gasteiger partial charge < -0.3 is 10.2 Å². The molecule has 0 unspecified atom stereocenters. The maximum atomic E-state index is 12.6. The van der Waals surface area contributed by atoms with Crippen molar-refractivity contribution in [2.75, 3.05) is 5.73 Å². The SMILES string of the molecule is CC(C)(C)[Si](C)(C)Oc1ccc(N)c(C(=O)Cc2ccccc2)c1. The molecular weight excluding hydrogens is 314 g/mol. The first-order valence-corrected chi connectivity index (χ1v) is 11.2. The second-order valence-corrected chi connectivity index (χ2v) is 12.4. The van der Waals surface area contributed by atoms with E-state index in [9.17, 15) is 4.79 Å². The number of hydrogen-bond donors (Lipinski definition) is 1. The minimum atomic E-state index is -1.95. The van der Waals surface area contributed by atoms with Crippen LogP contribution in [-0.4, -0.2) is 14.1 Å². The molecule has 0 aliphatic heterocycles. The molecule has 0 saturated heterocycles. The number of carbonyl (C=O) groups excluding carboxylic acids is 1. The van der Waals surface area contributed by atoms with Crippen LogP contribution >= 0.6 is 0 Å². The van der Waals surface area contributed by atoms with Gasteiger partial charge in [-0.2, -0.15) is 0 Å². The van der Waals surface area contributed by atoms with E-state index in [0.717, 1.165) is 11.3 Å². The van der Waals surface area contributed by atoms with Gasteiger partial charge in [-0.05, 0) is 41.9 Å². The summed E-state index contributed by atoms with van der Waals surface area (Å²) in [4.78, 5) is 12.6. The lowest BCUT2D eigenvalue weighted by molar-refractivity contribution is 0.0993. The number of ketones is 1. The fourth-order valence-corrected chi connectivity index (χ4v) is 3.19. The van der Waals surface area contributed by atoms with Crippen LogP contribution in [0.4, 0.5) is 5.69 Å². The topological polar surface area (TPSA) is 52.3 Å². The number of benzene rings is 2. The highest BCUT2D eigenvalue weighted by molar-refractivity contribution is 6.74. The standard InChI is InChI=1S/C20H27NO2Si/c1-20(2,3)24(4,5)23-16-11-12-18(21)17(14-16)19(22)13-15-9-7-6-8-10-15/h6-12,14H,13,21H2,1-5H3. The molecule has 24 heavy (non-hydrogen) atoms. The predicted octanol–water partition coefficient (Wildman–Crippen LogP) is 5.08. The Morgan fingerprint density at radius 1 is 1.08 bits per heavy atom. The Labute approximate surface area is 146 Å². The van der Waals surface area contributed by atoms with Crippen LogP contribution in [0.25, 0.3) is 0 Å². The van der Waals surface area contributed by atoms with E-state index in [1.54, 1.807) is 12.1 Å². The zero-order valence-corrected chi connectivity index (χ0v) is 16.2. The Morgan fingerprint density at radius 2 is 1.71 bits per heavy atom. The van der Waals surface area contributed by atoms with E-state index in [2.05, 4.69) is 33.9 Å². The van der Waals surface area contributed by atoms with Gasteiger partial charge in [0.05, 0.1) is 0 Å². The summed E-state index contributed by atoms with van der Waals surface area (Å²) in [7, 11) is -1.95. The van der Waals surface area contributed by atoms with Crippen molar-refractivity contribution in [2.45, 2.75) is 45.3 Å². The molecule has 0 bridgehead atoms. The summed E-state index contributed by atoms with van der Waals surface area (Å²) in [6.45, 7) is 11.0. The molecule has 0 fully saturated rings. The third kappa shape index (κ3) is 4.26. The van der Waals surface area contributed by atoms with Crippen LogP contribution in [-0.2, 0) is 6.42 Å². The van der Waals surface area contributed by atoms with Gasteiger partial charge in [0.25, 0.3) is 0 Å². The molecule has 0 radical (unpaired) electrons. The molecule has 0 aliphatic carbocycles. The van der Waals surface area contributed by atoms with Gasteiger partial charge in [0.2, 0.25) is 8.32 Å². The van der Waals surface area contributed by atoms with Crippen molar-refractivity contribution in [3.05, 3.63) is 59.7 Å². The van der Waals surface area contributed by atoms with Crippen molar-refractivity contribution in [1.82, 2.24) is 0 Å². The van der Waals surface area contributed by atoms with E-state index >= 15 is 0 Å². The highest BCUT2D eigenvalue weighted by atomic mass is 28.4. The van der Waals surface area contributed by atoms with Crippen LogP contribution < -0.4 is 10.2 Å². The maximum Gasteiger partial charge on any atom is 0.250 e. The van der Waals surface area contributed by atoms with Gasteiger partial charge in [0.15, 0.2) is 5.78 Å². The number of carbonyl (C=O) groups is 1. The van der Waals surface area contributed by atoms with Crippen molar-refractivity contribution in [3.8, 4) is 5.75 Å². The van der Waals surface area contributed by atoms with Crippen LogP contribution in [0.2, 0.25) is 18.1 Å². The third-order valence-electron chi connectivity index (χ3n) is 4.71. The van der Waals surface area contributed by atoms with Crippen LogP contribution in [0.3, 0.4) is 0 Å². The molecule has 0 heterocycles. The number of Topliss-reactive ketones (excluding diaryl/α,β-unsaturated/α-hetero) is 1. The molecule has 3 nitrogen and oxygen atoms in total. The average Bonchev–Trinajstić information content (AvgIpc) is 2.48. The van der Waals surface area contributed by atoms with Crippen molar-refractivity contribution in [1.29, 1.82) is 0 Å². The molecule has 2 rings (SSSR count). The highest BCUT2D eigenvalue weighted by Crippen LogP contribution is 2.37. The Balaban J connectivity index is 2.24. The lowest BCUT2D eigenvalue weighted by atomic mass is 10.0. The van der Waals surface area contributed by atoms with Gasteiger partial charge in [-0.25, -0.2) is 0 Å². The average molecular weight is 342 g/mol. The zero-order valence-electron chi connectivity index (χ0n) is 15.2. The monoisotopic (exact) mass is 341 g/mol. The number of rotatable bonds is 5. The summed E-state index contributed by atoms with van der Waals surface area (Å²) < 4.78 is 6.29. The first-order chi connectivity index (χ1) is 11.1. The molecule has 2 N–H and O–H groups in total. The summed E-state index contributed by atoms with van der Waals surface area (Å²) in [5.41, 5.74) is 8.05. The van der Waals surface area contributed by atoms with Crippen LogP contribution in [0.5, 0.6) is 5.75 Å². The molecule has 0 aromatic heterocycles. The van der Waals surface area contributed by atoms with E-state index in [0.29, 0.717) is 17.7 Å². The fourth-order valence-electron chi connectivity index (χ4n) is 2.16. The summed E-state index contributed by atoms with van der Waals surface area (Å²) in [5, 5.41) is 0.0998. The molecule has 0 spiro atoms. The van der Waals surface area contributed by atoms with Gasteiger partial charge in [-0.15, -0.1) is 0 Å². The zero-order chi connectivity index (χ0) is 18.0. The van der Waals surface area contributed by atoms with Gasteiger partial charge >= 0.3 is 0 Å². The van der Waals surface area contributed by atoms with Crippen LogP contribution in [0.1, 0.15) is 36.7 Å². The van der Waals surface area contributed by atoms with Crippen molar-refractivity contribution in [2.24, 2.45) is 0 Å². The number of nitrogens with two attached hydrogens (primary N) is 1. The smallest absolute Gasteiger partial charge is 0.250 e. The largest absolute Gasteiger partial charge is 0.543 e. The van der Waals surface area contributed by atoms with Crippen molar-refractivity contribution >= 4 is 19.8 Å². The predicted molar refractivity (Wildman–Crippen MR) is 103 cm³/mol. The molecule has 0 amide bonds. The Hall–Kier alpha value is -2.07. The number of nitrogen functional groups attached to an aromatic ring is 1. The Bertz CT molecular complexity index is 718. The summed E-state index contributed by atoms with van der Waals surface area (Å²) in [6, 6.07) is 15.1. The van der Waals surface area contributed by atoms with E-state index in [-0.39, 0.29) is 10.8 Å². The maximum absolute atomic E-state index is 12.6. The van der Waals surface area contributed by atoms with Gasteiger partial charge in [0.1, 0.15) is 5.75 Å².